The molecule has 318 valence electrons. The van der Waals surface area contributed by atoms with Crippen LogP contribution >= 0.6 is 0 Å². The second kappa shape index (κ2) is 16.5. The highest BCUT2D eigenvalue weighted by Gasteiger charge is 2.30. The summed E-state index contributed by atoms with van der Waals surface area (Å²) < 4.78 is 4.81. The zero-order chi connectivity index (χ0) is 45.0. The molecule has 2 heterocycles. The Kier molecular flexibility index (Phi) is 9.54. The third-order valence-corrected chi connectivity index (χ3v) is 13.7. The molecule has 68 heavy (non-hydrogen) atoms. The Balaban J connectivity index is 1.23. The predicted molar refractivity (Wildman–Crippen MR) is 288 cm³/mol. The van der Waals surface area contributed by atoms with Crippen molar-refractivity contribution in [2.24, 2.45) is 0 Å². The van der Waals surface area contributed by atoms with Crippen molar-refractivity contribution < 1.29 is 0 Å². The highest BCUT2D eigenvalue weighted by atomic mass is 15.0. The summed E-state index contributed by atoms with van der Waals surface area (Å²) >= 11 is 0. The molecule has 0 radical (unpaired) electrons. The van der Waals surface area contributed by atoms with E-state index in [0.29, 0.717) is 0 Å². The Bertz CT molecular complexity index is 3600. The van der Waals surface area contributed by atoms with E-state index in [1.54, 1.807) is 0 Å². The molecule has 0 amide bonds. The first kappa shape index (κ1) is 39.4. The molecule has 0 saturated heterocycles. The van der Waals surface area contributed by atoms with E-state index in [0.717, 1.165) is 44.8 Å². The van der Waals surface area contributed by atoms with E-state index >= 15 is 0 Å². The number of hydrogen-bond acceptors (Lipinski definition) is 0. The molecule has 2 aromatic heterocycles. The summed E-state index contributed by atoms with van der Waals surface area (Å²) in [5.74, 6) is 0. The number of benzene rings is 11. The number of hydrogen-bond donors (Lipinski definition) is 0. The average molecular weight is 865 g/mol. The molecular weight excluding hydrogens is 821 g/mol. The molecule has 2 nitrogen and oxygen atoms in total. The quantitative estimate of drug-likeness (QED) is 0.144. The summed E-state index contributed by atoms with van der Waals surface area (Å²) in [6.45, 7) is 0. The first-order chi connectivity index (χ1) is 33.8. The van der Waals surface area contributed by atoms with Crippen LogP contribution in [0.1, 0.15) is 0 Å². The Hall–Kier alpha value is -8.98. The van der Waals surface area contributed by atoms with E-state index in [4.69, 9.17) is 0 Å². The first-order valence-electron chi connectivity index (χ1n) is 23.4. The lowest BCUT2D eigenvalue weighted by molar-refractivity contribution is 1.18. The van der Waals surface area contributed by atoms with E-state index in [2.05, 4.69) is 276 Å². The highest BCUT2D eigenvalue weighted by molar-refractivity contribution is 6.19. The molecule has 0 aliphatic carbocycles. The van der Waals surface area contributed by atoms with Crippen molar-refractivity contribution in [2.45, 2.75) is 0 Å². The van der Waals surface area contributed by atoms with Gasteiger partial charge in [0.1, 0.15) is 0 Å². The molecule has 0 atom stereocenters. The molecule has 0 saturated carbocycles. The fraction of sp³-hybridized carbons (Fsp3) is 0. The van der Waals surface area contributed by atoms with Crippen LogP contribution < -0.4 is 0 Å². The van der Waals surface area contributed by atoms with Gasteiger partial charge in [0, 0.05) is 32.9 Å². The van der Waals surface area contributed by atoms with Gasteiger partial charge in [-0.1, -0.05) is 206 Å². The van der Waals surface area contributed by atoms with Gasteiger partial charge < -0.3 is 9.13 Å². The van der Waals surface area contributed by atoms with E-state index in [1.165, 1.54) is 77.0 Å². The highest BCUT2D eigenvalue weighted by Crippen LogP contribution is 2.56. The molecule has 11 aromatic carbocycles. The summed E-state index contributed by atoms with van der Waals surface area (Å²) in [5.41, 5.74) is 21.2. The minimum absolute atomic E-state index is 1.15. The zero-order valence-corrected chi connectivity index (χ0v) is 37.3. The van der Waals surface area contributed by atoms with Crippen LogP contribution in [0.2, 0.25) is 0 Å². The van der Waals surface area contributed by atoms with Crippen molar-refractivity contribution in [2.75, 3.05) is 0 Å². The maximum absolute atomic E-state index is 2.46. The molecule has 2 heteroatoms. The second-order valence-electron chi connectivity index (χ2n) is 17.6. The Labute approximate surface area is 395 Å². The monoisotopic (exact) mass is 864 g/mol. The lowest BCUT2D eigenvalue weighted by atomic mass is 9.74. The van der Waals surface area contributed by atoms with Gasteiger partial charge in [0.05, 0.1) is 22.1 Å². The lowest BCUT2D eigenvalue weighted by Crippen LogP contribution is -2.02. The molecule has 0 aliphatic rings. The number of aromatic nitrogens is 2. The van der Waals surface area contributed by atoms with Crippen molar-refractivity contribution >= 4 is 43.6 Å². The Morgan fingerprint density at radius 3 is 0.750 bits per heavy atom. The molecule has 0 spiro atoms. The minimum Gasteiger partial charge on any atom is -0.309 e. The van der Waals surface area contributed by atoms with Gasteiger partial charge in [-0.25, -0.2) is 0 Å². The summed E-state index contributed by atoms with van der Waals surface area (Å²) in [4.78, 5) is 0. The van der Waals surface area contributed by atoms with Gasteiger partial charge in [-0.2, -0.15) is 0 Å². The van der Waals surface area contributed by atoms with E-state index in [-0.39, 0.29) is 0 Å². The normalized spacial score (nSPS) is 11.5. The van der Waals surface area contributed by atoms with Gasteiger partial charge in [0.2, 0.25) is 0 Å². The Morgan fingerprint density at radius 1 is 0.176 bits per heavy atom. The average Bonchev–Trinajstić information content (AvgIpc) is 3.94. The first-order valence-corrected chi connectivity index (χ1v) is 23.4. The number of nitrogens with zero attached hydrogens (tertiary/aromatic N) is 2. The summed E-state index contributed by atoms with van der Waals surface area (Å²) in [6, 6.07) is 97.8. The summed E-state index contributed by atoms with van der Waals surface area (Å²) in [6.07, 6.45) is 0. The van der Waals surface area contributed by atoms with E-state index < -0.39 is 0 Å². The van der Waals surface area contributed by atoms with Crippen LogP contribution in [-0.2, 0) is 0 Å². The van der Waals surface area contributed by atoms with Gasteiger partial charge in [0.15, 0.2) is 0 Å². The number of para-hydroxylation sites is 4. The maximum Gasteiger partial charge on any atom is 0.0541 e. The molecule has 0 N–H and O–H groups in total. The topological polar surface area (TPSA) is 9.86 Å². The number of fused-ring (bicyclic) bond motifs is 6. The summed E-state index contributed by atoms with van der Waals surface area (Å²) in [7, 11) is 0. The van der Waals surface area contributed by atoms with Gasteiger partial charge in [0.25, 0.3) is 0 Å². The molecule has 13 aromatic rings. The SMILES string of the molecule is c1ccc(-c2c(-c3ccccc3)c(-c3ccc4c(c3)c3ccccc3n4-c3ccccc3)c(-c3ccccc3)c(-c3ccccc3)c2-c2ccc3c(c2)c2ccccc2n3-c2ccccc2)cc1. The van der Waals surface area contributed by atoms with Crippen LogP contribution in [0.3, 0.4) is 0 Å². The van der Waals surface area contributed by atoms with Gasteiger partial charge >= 0.3 is 0 Å². The molecule has 0 unspecified atom stereocenters. The van der Waals surface area contributed by atoms with Gasteiger partial charge in [-0.15, -0.1) is 0 Å². The van der Waals surface area contributed by atoms with Crippen LogP contribution in [0.15, 0.2) is 267 Å². The number of rotatable bonds is 8. The van der Waals surface area contributed by atoms with Crippen LogP contribution in [0.25, 0.3) is 122 Å². The van der Waals surface area contributed by atoms with Crippen LogP contribution in [0, 0.1) is 0 Å². The van der Waals surface area contributed by atoms with Crippen LogP contribution in [0.5, 0.6) is 0 Å². The second-order valence-corrected chi connectivity index (χ2v) is 17.6. The van der Waals surface area contributed by atoms with Crippen molar-refractivity contribution in [3.05, 3.63) is 267 Å². The van der Waals surface area contributed by atoms with E-state index in [1.807, 2.05) is 0 Å². The van der Waals surface area contributed by atoms with Crippen LogP contribution in [0.4, 0.5) is 0 Å². The van der Waals surface area contributed by atoms with Crippen molar-refractivity contribution in [3.8, 4) is 78.1 Å². The standard InChI is InChI=1S/C66H44N2/c1-7-23-45(24-8-1)61-62(46-25-9-2-10-26-46)66(50-40-42-60-56(44-50)54-36-20-22-38-58(54)68(60)52-33-17-6-18-34-52)64(48-29-13-4-14-30-48)63(47-27-11-3-12-28-47)65(61)49-39-41-59-55(43-49)53-35-19-21-37-57(53)67(59)51-31-15-5-16-32-51/h1-44H. The fourth-order valence-electron chi connectivity index (χ4n) is 10.9. The molecule has 0 aliphatic heterocycles. The van der Waals surface area contributed by atoms with Crippen molar-refractivity contribution in [1.29, 1.82) is 0 Å². The van der Waals surface area contributed by atoms with E-state index in [9.17, 15) is 0 Å². The van der Waals surface area contributed by atoms with Crippen LogP contribution in [-0.4, -0.2) is 9.13 Å². The fourth-order valence-corrected chi connectivity index (χ4v) is 10.9. The molecular formula is C66H44N2. The van der Waals surface area contributed by atoms with Gasteiger partial charge in [-0.05, 0) is 127 Å². The lowest BCUT2D eigenvalue weighted by Gasteiger charge is -2.29. The smallest absolute Gasteiger partial charge is 0.0541 e. The zero-order valence-electron chi connectivity index (χ0n) is 37.3. The third kappa shape index (κ3) is 6.41. The van der Waals surface area contributed by atoms with Crippen molar-refractivity contribution in [1.82, 2.24) is 9.13 Å². The largest absolute Gasteiger partial charge is 0.309 e. The Morgan fingerprint density at radius 2 is 0.426 bits per heavy atom. The van der Waals surface area contributed by atoms with Gasteiger partial charge in [-0.3, -0.25) is 0 Å². The summed E-state index contributed by atoms with van der Waals surface area (Å²) in [5, 5.41) is 4.88. The molecule has 0 bridgehead atoms. The maximum atomic E-state index is 2.46. The molecule has 13 rings (SSSR count). The minimum atomic E-state index is 1.15. The predicted octanol–water partition coefficient (Wildman–Crippen LogP) is 17.9. The molecule has 0 fully saturated rings. The van der Waals surface area contributed by atoms with Crippen molar-refractivity contribution in [3.63, 3.8) is 0 Å². The third-order valence-electron chi connectivity index (χ3n) is 13.7.